The lowest BCUT2D eigenvalue weighted by Crippen LogP contribution is -2.41. The largest absolute Gasteiger partial charge is 0.548 e. The van der Waals surface area contributed by atoms with E-state index in [4.69, 9.17) is 0 Å². The third-order valence-electron chi connectivity index (χ3n) is 3.00. The number of hydrogen-bond donors (Lipinski definition) is 1. The average molecular weight is 335 g/mol. The molecule has 0 spiro atoms. The molecule has 120 valence electrons. The third kappa shape index (κ3) is 3.90. The zero-order valence-corrected chi connectivity index (χ0v) is 12.4. The highest BCUT2D eigenvalue weighted by atomic mass is 32.2. The van der Waals surface area contributed by atoms with Crippen molar-refractivity contribution in [2.24, 2.45) is 0 Å². The molecule has 0 aliphatic carbocycles. The number of carbonyl (C=O) groups excluding carboxylic acids is 1. The normalized spacial score (nSPS) is 12.5. The van der Waals surface area contributed by atoms with E-state index in [1.165, 1.54) is 12.1 Å². The van der Waals surface area contributed by atoms with Gasteiger partial charge in [-0.3, -0.25) is 10.1 Å². The van der Waals surface area contributed by atoms with Gasteiger partial charge in [0.2, 0.25) is 10.0 Å². The van der Waals surface area contributed by atoms with E-state index in [0.29, 0.717) is 0 Å². The van der Waals surface area contributed by atoms with Gasteiger partial charge in [0.15, 0.2) is 0 Å². The van der Waals surface area contributed by atoms with Crippen LogP contribution in [0.5, 0.6) is 0 Å². The van der Waals surface area contributed by atoms with Crippen molar-refractivity contribution in [1.82, 2.24) is 4.72 Å². The molecule has 0 amide bonds. The molecule has 2 aromatic rings. The number of nitro benzene ring substituents is 1. The summed E-state index contributed by atoms with van der Waals surface area (Å²) in [6, 6.07) is 10.2. The van der Waals surface area contributed by atoms with E-state index in [1.54, 1.807) is 18.2 Å². The van der Waals surface area contributed by atoms with Crippen LogP contribution in [0.1, 0.15) is 11.6 Å². The van der Waals surface area contributed by atoms with E-state index in [0.717, 1.165) is 24.3 Å². The standard InChI is InChI=1S/C14H12N2O6S/c17-14(18)13(10-4-2-1-3-5-10)15-23(21,22)12-8-6-11(7-9-12)16(19)20/h1-9,13,15H,(H,17,18)/p-1. The highest BCUT2D eigenvalue weighted by molar-refractivity contribution is 7.89. The summed E-state index contributed by atoms with van der Waals surface area (Å²) in [4.78, 5) is 20.8. The number of sulfonamides is 1. The second-order valence-corrected chi connectivity index (χ2v) is 6.25. The second-order valence-electron chi connectivity index (χ2n) is 4.54. The molecule has 9 heteroatoms. The Bertz CT molecular complexity index is 818. The summed E-state index contributed by atoms with van der Waals surface area (Å²) in [5.74, 6) is -1.61. The molecule has 0 aliphatic heterocycles. The molecule has 0 saturated carbocycles. The Labute approximate surface area is 131 Å². The predicted molar refractivity (Wildman–Crippen MR) is 77.6 cm³/mol. The Morgan fingerprint density at radius 1 is 1.04 bits per heavy atom. The topological polar surface area (TPSA) is 129 Å². The summed E-state index contributed by atoms with van der Waals surface area (Å²) < 4.78 is 26.5. The number of nitrogens with zero attached hydrogens (tertiary/aromatic N) is 1. The summed E-state index contributed by atoms with van der Waals surface area (Å²) in [7, 11) is -4.19. The first kappa shape index (κ1) is 16.6. The van der Waals surface area contributed by atoms with Gasteiger partial charge in [-0.15, -0.1) is 0 Å². The zero-order chi connectivity index (χ0) is 17.0. The third-order valence-corrected chi connectivity index (χ3v) is 4.44. The number of nitrogens with one attached hydrogen (secondary N) is 1. The van der Waals surface area contributed by atoms with Crippen molar-refractivity contribution in [2.75, 3.05) is 0 Å². The van der Waals surface area contributed by atoms with Crippen molar-refractivity contribution in [3.05, 3.63) is 70.3 Å². The van der Waals surface area contributed by atoms with E-state index in [9.17, 15) is 28.4 Å². The van der Waals surface area contributed by atoms with Crippen LogP contribution in [0.25, 0.3) is 0 Å². The summed E-state index contributed by atoms with van der Waals surface area (Å²) in [5.41, 5.74) is -0.0681. The first-order valence-corrected chi connectivity index (χ1v) is 7.82. The van der Waals surface area contributed by atoms with Gasteiger partial charge in [-0.05, 0) is 17.7 Å². The number of carboxylic acid groups (broad SMARTS) is 1. The number of aliphatic carboxylic acids is 1. The fourth-order valence-corrected chi connectivity index (χ4v) is 3.04. The molecule has 8 nitrogen and oxygen atoms in total. The Kier molecular flexibility index (Phi) is 4.72. The minimum atomic E-state index is -4.19. The number of hydrogen-bond acceptors (Lipinski definition) is 6. The van der Waals surface area contributed by atoms with Crippen molar-refractivity contribution < 1.29 is 23.2 Å². The molecule has 0 fully saturated rings. The number of nitro groups is 1. The van der Waals surface area contributed by atoms with Gasteiger partial charge < -0.3 is 9.90 Å². The van der Waals surface area contributed by atoms with Crippen LogP contribution in [0.3, 0.4) is 0 Å². The molecule has 23 heavy (non-hydrogen) atoms. The van der Waals surface area contributed by atoms with Crippen LogP contribution in [-0.4, -0.2) is 19.3 Å². The first-order valence-electron chi connectivity index (χ1n) is 6.34. The number of rotatable bonds is 6. The van der Waals surface area contributed by atoms with Crippen LogP contribution >= 0.6 is 0 Å². The lowest BCUT2D eigenvalue weighted by Gasteiger charge is -2.20. The Hall–Kier alpha value is -2.78. The van der Waals surface area contributed by atoms with Crippen molar-refractivity contribution in [1.29, 1.82) is 0 Å². The van der Waals surface area contributed by atoms with E-state index in [1.807, 2.05) is 4.72 Å². The van der Waals surface area contributed by atoms with Gasteiger partial charge in [0.25, 0.3) is 5.69 Å². The van der Waals surface area contributed by atoms with Gasteiger partial charge in [0.05, 0.1) is 21.8 Å². The van der Waals surface area contributed by atoms with Crippen molar-refractivity contribution in [3.63, 3.8) is 0 Å². The van der Waals surface area contributed by atoms with Crippen LogP contribution in [0.4, 0.5) is 5.69 Å². The fourth-order valence-electron chi connectivity index (χ4n) is 1.87. The van der Waals surface area contributed by atoms with Crippen LogP contribution in [0.2, 0.25) is 0 Å². The van der Waals surface area contributed by atoms with Crippen molar-refractivity contribution in [2.45, 2.75) is 10.9 Å². The van der Waals surface area contributed by atoms with Crippen LogP contribution in [-0.2, 0) is 14.8 Å². The van der Waals surface area contributed by atoms with Crippen LogP contribution < -0.4 is 9.83 Å². The van der Waals surface area contributed by atoms with Crippen LogP contribution in [0.15, 0.2) is 59.5 Å². The molecule has 0 bridgehead atoms. The Balaban J connectivity index is 2.31. The average Bonchev–Trinajstić information content (AvgIpc) is 2.53. The van der Waals surface area contributed by atoms with E-state index in [-0.39, 0.29) is 16.1 Å². The molecule has 2 rings (SSSR count). The molecule has 1 N–H and O–H groups in total. The molecule has 0 aromatic heterocycles. The summed E-state index contributed by atoms with van der Waals surface area (Å²) >= 11 is 0. The molecule has 0 aliphatic rings. The van der Waals surface area contributed by atoms with Crippen LogP contribution in [0, 0.1) is 10.1 Å². The second kappa shape index (κ2) is 6.55. The highest BCUT2D eigenvalue weighted by Crippen LogP contribution is 2.19. The minimum Gasteiger partial charge on any atom is -0.548 e. The Morgan fingerprint density at radius 2 is 1.61 bits per heavy atom. The van der Waals surface area contributed by atoms with Gasteiger partial charge >= 0.3 is 0 Å². The first-order chi connectivity index (χ1) is 10.8. The van der Waals surface area contributed by atoms with Gasteiger partial charge in [0.1, 0.15) is 0 Å². The van der Waals surface area contributed by atoms with Gasteiger partial charge in [-0.25, -0.2) is 8.42 Å². The number of benzene rings is 2. The molecule has 1 unspecified atom stereocenters. The SMILES string of the molecule is O=C([O-])C(NS(=O)(=O)c1ccc([N+](=O)[O-])cc1)c1ccccc1. The summed E-state index contributed by atoms with van der Waals surface area (Å²) in [5, 5.41) is 21.8. The van der Waals surface area contributed by atoms with Gasteiger partial charge in [-0.2, -0.15) is 4.72 Å². The van der Waals surface area contributed by atoms with Gasteiger partial charge in [-0.1, -0.05) is 30.3 Å². The van der Waals surface area contributed by atoms with Gasteiger partial charge in [0, 0.05) is 12.1 Å². The zero-order valence-electron chi connectivity index (χ0n) is 11.6. The minimum absolute atomic E-state index is 0.206. The summed E-state index contributed by atoms with van der Waals surface area (Å²) in [6.45, 7) is 0. The quantitative estimate of drug-likeness (QED) is 0.599. The number of carbonyl (C=O) groups is 1. The molecular formula is C14H11N2O6S-. The molecule has 1 atom stereocenters. The fraction of sp³-hybridized carbons (Fsp3) is 0.0714. The number of carboxylic acids is 1. The maximum Gasteiger partial charge on any atom is 0.269 e. The lowest BCUT2D eigenvalue weighted by molar-refractivity contribution is -0.384. The maximum absolute atomic E-state index is 12.2. The smallest absolute Gasteiger partial charge is 0.269 e. The van der Waals surface area contributed by atoms with E-state index in [2.05, 4.69) is 0 Å². The summed E-state index contributed by atoms with van der Waals surface area (Å²) in [6.07, 6.45) is 0. The predicted octanol–water partition coefficient (Wildman–Crippen LogP) is 0.364. The highest BCUT2D eigenvalue weighted by Gasteiger charge is 2.22. The van der Waals surface area contributed by atoms with Crippen molar-refractivity contribution in [3.8, 4) is 0 Å². The molecule has 0 saturated heterocycles. The molecule has 2 aromatic carbocycles. The lowest BCUT2D eigenvalue weighted by atomic mass is 10.1. The molecule has 0 heterocycles. The molecular weight excluding hydrogens is 324 g/mol. The monoisotopic (exact) mass is 335 g/mol. The molecule has 0 radical (unpaired) electrons. The maximum atomic E-state index is 12.2. The van der Waals surface area contributed by atoms with E-state index < -0.39 is 27.0 Å². The van der Waals surface area contributed by atoms with E-state index >= 15 is 0 Å². The van der Waals surface area contributed by atoms with Crippen molar-refractivity contribution >= 4 is 21.7 Å². The Morgan fingerprint density at radius 3 is 2.09 bits per heavy atom. The number of non-ortho nitro benzene ring substituents is 1.